The maximum atomic E-state index is 11.7. The molecule has 1 radical (unpaired) electrons. The Balaban J connectivity index is 0.000000243. The molecule has 4 nitrogen and oxygen atoms in total. The first kappa shape index (κ1) is 35.5. The summed E-state index contributed by atoms with van der Waals surface area (Å²) >= 11 is 0. The number of allylic oxidation sites excluding steroid dienone is 2. The number of aliphatic hydroxyl groups is 1. The molecule has 6 heteroatoms. The van der Waals surface area contributed by atoms with E-state index in [0.717, 1.165) is 48.3 Å². The summed E-state index contributed by atoms with van der Waals surface area (Å²) in [6, 6.07) is 34.2. The van der Waals surface area contributed by atoms with Crippen molar-refractivity contribution in [2.45, 2.75) is 66.5 Å². The second kappa shape index (κ2) is 14.7. The Bertz CT molecular complexity index is 1960. The summed E-state index contributed by atoms with van der Waals surface area (Å²) in [4.78, 5) is 19.1. The van der Waals surface area contributed by atoms with Gasteiger partial charge in [0.25, 0.3) is 0 Å². The zero-order chi connectivity index (χ0) is 33.3. The summed E-state index contributed by atoms with van der Waals surface area (Å²) in [5.41, 5.74) is 8.39. The molecule has 1 aromatic heterocycles. The van der Waals surface area contributed by atoms with Crippen LogP contribution in [0, 0.1) is 17.9 Å². The van der Waals surface area contributed by atoms with Gasteiger partial charge < -0.3 is 15.0 Å². The van der Waals surface area contributed by atoms with Crippen LogP contribution in [-0.4, -0.2) is 23.9 Å². The fraction of sp³-hybridized carbons (Fsp3) is 0.286. The topological polar surface area (TPSA) is 53.4 Å². The van der Waals surface area contributed by atoms with E-state index in [0.29, 0.717) is 0 Å². The number of aromatic nitrogens is 1. The molecule has 4 aromatic carbocycles. The minimum absolute atomic E-state index is 0. The Morgan fingerprint density at radius 2 is 1.48 bits per heavy atom. The minimum atomic E-state index is -1.81. The molecule has 0 atom stereocenters. The maximum Gasteiger partial charge on any atom is 0.162 e. The smallest absolute Gasteiger partial charge is 0.162 e. The summed E-state index contributed by atoms with van der Waals surface area (Å²) < 4.78 is 0. The van der Waals surface area contributed by atoms with Crippen LogP contribution < -0.4 is 15.3 Å². The molecule has 0 amide bonds. The van der Waals surface area contributed by atoms with Crippen molar-refractivity contribution in [3.63, 3.8) is 0 Å². The van der Waals surface area contributed by atoms with E-state index >= 15 is 0 Å². The number of rotatable bonds is 8. The molecule has 0 bridgehead atoms. The molecule has 0 spiro atoms. The molecule has 7 rings (SSSR count). The van der Waals surface area contributed by atoms with Gasteiger partial charge >= 0.3 is 0 Å². The van der Waals surface area contributed by atoms with Crippen LogP contribution in [0.5, 0.6) is 0 Å². The van der Waals surface area contributed by atoms with Crippen molar-refractivity contribution in [3.8, 4) is 22.4 Å². The molecule has 0 unspecified atom stereocenters. The molecule has 0 aliphatic carbocycles. The number of hydrogen-bond donors (Lipinski definition) is 1. The zero-order valence-corrected chi connectivity index (χ0v) is 32.2. The second-order valence-electron chi connectivity index (χ2n) is 13.2. The summed E-state index contributed by atoms with van der Waals surface area (Å²) in [6.07, 6.45) is 6.91. The summed E-state index contributed by atoms with van der Waals surface area (Å²) in [5.74, 6) is 0.547. The number of nitrogens with zero attached hydrogens (tertiary/aromatic N) is 2. The Morgan fingerprint density at radius 3 is 2.17 bits per heavy atom. The van der Waals surface area contributed by atoms with Crippen molar-refractivity contribution in [1.29, 1.82) is 0 Å². The van der Waals surface area contributed by atoms with E-state index in [1.807, 2.05) is 33.9 Å². The predicted octanol–water partition coefficient (Wildman–Crippen LogP) is 10.2. The van der Waals surface area contributed by atoms with E-state index < -0.39 is 8.07 Å². The second-order valence-corrected chi connectivity index (χ2v) is 17.5. The maximum absolute atomic E-state index is 11.7. The molecule has 1 N–H and O–H groups in total. The van der Waals surface area contributed by atoms with E-state index in [1.165, 1.54) is 44.0 Å². The molecule has 5 aromatic rings. The minimum Gasteiger partial charge on any atom is -0.512 e. The normalized spacial score (nSPS) is 13.8. The SMILES string of the molecule is CCC(CC)C(=O)/C=C(\O)C(CC)CC.C[Si]1(C)c2cccc3c2-c2c1ccnc2-c1[c-]cc2ccccc2c1N3c1ccccc1.[Ir]. The third kappa shape index (κ3) is 6.11. The van der Waals surface area contributed by atoms with Gasteiger partial charge in [0.15, 0.2) is 5.78 Å². The number of carbonyl (C=O) groups excluding carboxylic acids is 1. The van der Waals surface area contributed by atoms with Crippen molar-refractivity contribution >= 4 is 52.1 Å². The quantitative estimate of drug-likeness (QED) is 0.0719. The number of fused-ring (bicyclic) bond motifs is 4. The number of ketones is 1. The van der Waals surface area contributed by atoms with Crippen LogP contribution in [0.25, 0.3) is 33.2 Å². The van der Waals surface area contributed by atoms with Crippen molar-refractivity contribution in [3.05, 3.63) is 109 Å². The van der Waals surface area contributed by atoms with Crippen LogP contribution in [0.15, 0.2) is 103 Å². The van der Waals surface area contributed by atoms with Crippen LogP contribution in [0.3, 0.4) is 0 Å². The first-order valence-corrected chi connectivity index (χ1v) is 20.1. The van der Waals surface area contributed by atoms with Crippen LogP contribution in [0.2, 0.25) is 13.1 Å². The first-order valence-electron chi connectivity index (χ1n) is 17.1. The molecule has 0 saturated carbocycles. The summed E-state index contributed by atoms with van der Waals surface area (Å²) in [5, 5.41) is 15.1. The number of pyridine rings is 1. The molecule has 48 heavy (non-hydrogen) atoms. The molecule has 3 heterocycles. The van der Waals surface area contributed by atoms with Gasteiger partial charge in [-0.2, -0.15) is 0 Å². The van der Waals surface area contributed by atoms with Crippen molar-refractivity contribution < 1.29 is 30.0 Å². The summed E-state index contributed by atoms with van der Waals surface area (Å²) in [6.45, 7) is 13.0. The monoisotopic (exact) mass is 830 g/mol. The number of anilines is 3. The van der Waals surface area contributed by atoms with Gasteiger partial charge in [0, 0.05) is 55.6 Å². The Hall–Kier alpha value is -3.83. The van der Waals surface area contributed by atoms with E-state index in [9.17, 15) is 9.90 Å². The van der Waals surface area contributed by atoms with Crippen molar-refractivity contribution in [1.82, 2.24) is 4.98 Å². The average molecular weight is 830 g/mol. The van der Waals surface area contributed by atoms with Crippen LogP contribution in [-0.2, 0) is 24.9 Å². The van der Waals surface area contributed by atoms with Gasteiger partial charge in [0.2, 0.25) is 0 Å². The predicted molar refractivity (Wildman–Crippen MR) is 200 cm³/mol. The molecule has 2 aliphatic heterocycles. The van der Waals surface area contributed by atoms with Gasteiger partial charge in [-0.1, -0.05) is 111 Å². The molecule has 2 aliphatic rings. The van der Waals surface area contributed by atoms with Crippen LogP contribution in [0.1, 0.15) is 53.4 Å². The van der Waals surface area contributed by atoms with Crippen LogP contribution in [0.4, 0.5) is 17.1 Å². The van der Waals surface area contributed by atoms with E-state index in [1.54, 1.807) is 0 Å². The largest absolute Gasteiger partial charge is 0.512 e. The van der Waals surface area contributed by atoms with Gasteiger partial charge in [-0.15, -0.1) is 17.7 Å². The fourth-order valence-corrected chi connectivity index (χ4v) is 10.5. The van der Waals surface area contributed by atoms with Gasteiger partial charge in [-0.05, 0) is 77.6 Å². The fourth-order valence-electron chi connectivity index (χ4n) is 7.43. The van der Waals surface area contributed by atoms with Gasteiger partial charge in [-0.25, -0.2) is 0 Å². The zero-order valence-electron chi connectivity index (χ0n) is 28.8. The van der Waals surface area contributed by atoms with Gasteiger partial charge in [0.05, 0.1) is 5.76 Å². The molecule has 0 saturated heterocycles. The Labute approximate surface area is 300 Å². The van der Waals surface area contributed by atoms with E-state index in [-0.39, 0.29) is 43.5 Å². The number of para-hydroxylation sites is 1. The third-order valence-corrected chi connectivity index (χ3v) is 13.7. The standard InChI is InChI=1S/C29H21N2Si.C13H24O2.Ir/c1-32(2)24-14-8-13-23-26(24)27-25(32)17-18-30-28(27)22-16-15-19-9-6-7-12-21(19)29(22)31(23)20-10-4-3-5-11-20;1-5-10(6-2)12(14)9-13(15)11(7-3)8-4;/h3-15,17-18H,1-2H3;9-11,14H,5-8H2,1-4H3;/q-1;;/b;12-9-;. The third-order valence-electron chi connectivity index (χ3n) is 10.2. The molecular formula is C42H45IrN2O2Si-. The van der Waals surface area contributed by atoms with Gasteiger partial charge in [0.1, 0.15) is 8.07 Å². The van der Waals surface area contributed by atoms with Crippen molar-refractivity contribution in [2.24, 2.45) is 11.8 Å². The number of hydrogen-bond acceptors (Lipinski definition) is 4. The van der Waals surface area contributed by atoms with Crippen LogP contribution >= 0.6 is 0 Å². The summed E-state index contributed by atoms with van der Waals surface area (Å²) in [7, 11) is -1.81. The molecule has 0 fully saturated rings. The molecule has 249 valence electrons. The van der Waals surface area contributed by atoms with E-state index in [2.05, 4.69) is 109 Å². The number of aliphatic hydroxyl groups excluding tert-OH is 1. The van der Waals surface area contributed by atoms with Gasteiger partial charge in [-0.3, -0.25) is 4.79 Å². The molecular weight excluding hydrogens is 785 g/mol. The number of carbonyl (C=O) groups is 1. The first-order chi connectivity index (χ1) is 22.8. The van der Waals surface area contributed by atoms with E-state index in [4.69, 9.17) is 4.98 Å². The Kier molecular flexibility index (Phi) is 10.9. The number of benzene rings is 4. The van der Waals surface area contributed by atoms with Crippen molar-refractivity contribution in [2.75, 3.05) is 4.90 Å². The Morgan fingerprint density at radius 1 is 0.833 bits per heavy atom. The average Bonchev–Trinajstić information content (AvgIpc) is 3.25.